The number of rotatable bonds is 5. The van der Waals surface area contributed by atoms with Gasteiger partial charge in [0.25, 0.3) is 0 Å². The Morgan fingerprint density at radius 3 is 2.61 bits per heavy atom. The van der Waals surface area contributed by atoms with E-state index < -0.39 is 0 Å². The highest BCUT2D eigenvalue weighted by Gasteiger charge is 2.42. The van der Waals surface area contributed by atoms with Crippen molar-refractivity contribution >= 4 is 38.9 Å². The lowest BCUT2D eigenvalue weighted by atomic mass is 10.0. The van der Waals surface area contributed by atoms with Crippen LogP contribution in [-0.4, -0.2) is 10.1 Å². The average Bonchev–Trinajstić information content (AvgIpc) is 3.44. The summed E-state index contributed by atoms with van der Waals surface area (Å²) in [6, 6.07) is 22.3. The molecule has 3 heterocycles. The topological polar surface area (TPSA) is 41.3 Å². The predicted octanol–water partition coefficient (Wildman–Crippen LogP) is 6.98. The number of aryl methyl sites for hydroxylation is 1. The number of hydrogen-bond acceptors (Lipinski definition) is 3. The van der Waals surface area contributed by atoms with Crippen LogP contribution in [0.4, 0.5) is 10.1 Å². The minimum absolute atomic E-state index is 0.224. The lowest BCUT2D eigenvalue weighted by Crippen LogP contribution is -2.29. The van der Waals surface area contributed by atoms with Crippen LogP contribution in [0.2, 0.25) is 0 Å². The zero-order valence-corrected chi connectivity index (χ0v) is 20.2. The number of furan rings is 1. The summed E-state index contributed by atoms with van der Waals surface area (Å²) < 4.78 is 21.5. The predicted molar refractivity (Wildman–Crippen MR) is 136 cm³/mol. The van der Waals surface area contributed by atoms with Crippen molar-refractivity contribution in [2.24, 2.45) is 0 Å². The zero-order chi connectivity index (χ0) is 22.9. The van der Waals surface area contributed by atoms with Gasteiger partial charge in [-0.2, -0.15) is 0 Å². The van der Waals surface area contributed by atoms with Crippen molar-refractivity contribution in [3.8, 4) is 11.3 Å². The SMILES string of the molecule is CCc1ccc(N2C(=S)N[C@H](c3ccccn3)[C@@H]2c2ccc(-c3ccc(Br)cc3F)o2)cc1. The molecule has 0 radical (unpaired) electrons. The van der Waals surface area contributed by atoms with Crippen LogP contribution < -0.4 is 10.2 Å². The van der Waals surface area contributed by atoms with E-state index in [0.29, 0.717) is 26.7 Å². The number of anilines is 1. The molecule has 33 heavy (non-hydrogen) atoms. The lowest BCUT2D eigenvalue weighted by Gasteiger charge is -2.26. The molecule has 5 rings (SSSR count). The zero-order valence-electron chi connectivity index (χ0n) is 17.8. The van der Waals surface area contributed by atoms with Crippen LogP contribution in [0.5, 0.6) is 0 Å². The molecule has 0 aliphatic carbocycles. The summed E-state index contributed by atoms with van der Waals surface area (Å²) in [7, 11) is 0. The first-order valence-corrected chi connectivity index (χ1v) is 11.9. The number of nitrogens with zero attached hydrogens (tertiary/aromatic N) is 2. The fourth-order valence-corrected chi connectivity index (χ4v) is 4.84. The molecular weight excluding hydrogens is 501 g/mol. The van der Waals surface area contributed by atoms with Gasteiger partial charge >= 0.3 is 0 Å². The molecule has 1 fully saturated rings. The third-order valence-corrected chi connectivity index (χ3v) is 6.64. The van der Waals surface area contributed by atoms with E-state index in [2.05, 4.69) is 62.3 Å². The van der Waals surface area contributed by atoms with Gasteiger partial charge in [0.05, 0.1) is 17.3 Å². The van der Waals surface area contributed by atoms with E-state index in [1.165, 1.54) is 11.6 Å². The van der Waals surface area contributed by atoms with Crippen molar-refractivity contribution in [3.05, 3.63) is 106 Å². The van der Waals surface area contributed by atoms with E-state index in [4.69, 9.17) is 16.6 Å². The largest absolute Gasteiger partial charge is 0.459 e. The Morgan fingerprint density at radius 1 is 1.09 bits per heavy atom. The van der Waals surface area contributed by atoms with Gasteiger partial charge in [0, 0.05) is 16.4 Å². The Bertz CT molecular complexity index is 1290. The van der Waals surface area contributed by atoms with Gasteiger partial charge in [-0.15, -0.1) is 0 Å². The smallest absolute Gasteiger partial charge is 0.174 e. The fourth-order valence-electron chi connectivity index (χ4n) is 4.16. The van der Waals surface area contributed by atoms with Crippen molar-refractivity contribution in [2.45, 2.75) is 25.4 Å². The fraction of sp³-hybridized carbons (Fsp3) is 0.154. The molecule has 0 amide bonds. The summed E-state index contributed by atoms with van der Waals surface area (Å²) in [6.07, 6.45) is 2.73. The Morgan fingerprint density at radius 2 is 1.91 bits per heavy atom. The standard InChI is InChI=1S/C26H21BrFN3OS/c1-2-16-6-9-18(10-7-16)31-25(24(30-26(31)33)21-5-3-4-14-29-21)23-13-12-22(32-23)19-11-8-17(27)15-20(19)28/h3-15,24-25H,2H2,1H3,(H,30,33)/t24-,25+/m1/s1. The van der Waals surface area contributed by atoms with Crippen molar-refractivity contribution < 1.29 is 8.81 Å². The van der Waals surface area contributed by atoms with E-state index in [-0.39, 0.29) is 17.9 Å². The van der Waals surface area contributed by atoms with Crippen LogP contribution >= 0.6 is 28.1 Å². The number of benzene rings is 2. The van der Waals surface area contributed by atoms with Gasteiger partial charge in [-0.3, -0.25) is 4.98 Å². The highest BCUT2D eigenvalue weighted by atomic mass is 79.9. The molecule has 7 heteroatoms. The van der Waals surface area contributed by atoms with E-state index in [9.17, 15) is 4.39 Å². The number of nitrogens with one attached hydrogen (secondary N) is 1. The molecule has 1 aliphatic heterocycles. The third-order valence-electron chi connectivity index (χ3n) is 5.84. The van der Waals surface area contributed by atoms with Gasteiger partial charge in [-0.25, -0.2) is 4.39 Å². The summed E-state index contributed by atoms with van der Waals surface area (Å²) in [6.45, 7) is 2.13. The van der Waals surface area contributed by atoms with Crippen LogP contribution in [-0.2, 0) is 6.42 Å². The van der Waals surface area contributed by atoms with Gasteiger partial charge < -0.3 is 14.6 Å². The number of aromatic nitrogens is 1. The van der Waals surface area contributed by atoms with Gasteiger partial charge in [0.1, 0.15) is 23.4 Å². The summed E-state index contributed by atoms with van der Waals surface area (Å²) in [5.74, 6) is 0.794. The second-order valence-corrected chi connectivity index (χ2v) is 9.15. The highest BCUT2D eigenvalue weighted by molar-refractivity contribution is 9.10. The highest BCUT2D eigenvalue weighted by Crippen LogP contribution is 2.43. The number of pyridine rings is 1. The molecule has 166 valence electrons. The van der Waals surface area contributed by atoms with E-state index >= 15 is 0 Å². The molecule has 1 aliphatic rings. The molecule has 1 saturated heterocycles. The van der Waals surface area contributed by atoms with Crippen LogP contribution in [0.25, 0.3) is 11.3 Å². The molecular formula is C26H21BrFN3OS. The monoisotopic (exact) mass is 521 g/mol. The molecule has 0 bridgehead atoms. The van der Waals surface area contributed by atoms with Crippen LogP contribution in [0, 0.1) is 5.82 Å². The first-order valence-electron chi connectivity index (χ1n) is 10.7. The molecule has 2 aromatic carbocycles. The molecule has 2 aromatic heterocycles. The van der Waals surface area contributed by atoms with Crippen LogP contribution in [0.1, 0.15) is 36.0 Å². The Labute approximate surface area is 205 Å². The minimum atomic E-state index is -0.348. The van der Waals surface area contributed by atoms with Crippen molar-refractivity contribution in [3.63, 3.8) is 0 Å². The molecule has 0 saturated carbocycles. The summed E-state index contributed by atoms with van der Waals surface area (Å²) >= 11 is 9.06. The quantitative estimate of drug-likeness (QED) is 0.287. The van der Waals surface area contributed by atoms with E-state index in [0.717, 1.165) is 17.8 Å². The second kappa shape index (κ2) is 9.08. The second-order valence-electron chi connectivity index (χ2n) is 7.84. The molecule has 0 spiro atoms. The van der Waals surface area contributed by atoms with Gasteiger partial charge in [0.2, 0.25) is 0 Å². The molecule has 2 atom stereocenters. The van der Waals surface area contributed by atoms with Crippen molar-refractivity contribution in [1.29, 1.82) is 0 Å². The lowest BCUT2D eigenvalue weighted by molar-refractivity contribution is 0.438. The summed E-state index contributed by atoms with van der Waals surface area (Å²) in [5.41, 5.74) is 3.47. The van der Waals surface area contributed by atoms with Crippen LogP contribution in [0.3, 0.4) is 0 Å². The molecule has 0 unspecified atom stereocenters. The van der Waals surface area contributed by atoms with Crippen molar-refractivity contribution in [2.75, 3.05) is 4.90 Å². The summed E-state index contributed by atoms with van der Waals surface area (Å²) in [4.78, 5) is 6.61. The molecule has 4 nitrogen and oxygen atoms in total. The average molecular weight is 522 g/mol. The normalized spacial score (nSPS) is 17.9. The van der Waals surface area contributed by atoms with Crippen molar-refractivity contribution in [1.82, 2.24) is 10.3 Å². The maximum atomic E-state index is 14.6. The maximum Gasteiger partial charge on any atom is 0.174 e. The van der Waals surface area contributed by atoms with E-state index in [1.54, 1.807) is 24.4 Å². The van der Waals surface area contributed by atoms with Gasteiger partial charge in [-0.05, 0) is 78.8 Å². The first-order chi connectivity index (χ1) is 16.0. The van der Waals surface area contributed by atoms with E-state index in [1.807, 2.05) is 24.3 Å². The summed E-state index contributed by atoms with van der Waals surface area (Å²) in [5, 5.41) is 4.01. The molecule has 1 N–H and O–H groups in total. The number of thiocarbonyl (C=S) groups is 1. The Balaban J connectivity index is 1.59. The number of halogens is 2. The third kappa shape index (κ3) is 4.18. The minimum Gasteiger partial charge on any atom is -0.459 e. The van der Waals surface area contributed by atoms with Crippen LogP contribution in [0.15, 0.2) is 87.9 Å². The van der Waals surface area contributed by atoms with Gasteiger partial charge in [0.15, 0.2) is 5.11 Å². The first kappa shape index (κ1) is 21.8. The maximum absolute atomic E-state index is 14.6. The Kier molecular flexibility index (Phi) is 6.00. The Hall–Kier alpha value is -3.03. The van der Waals surface area contributed by atoms with Gasteiger partial charge in [-0.1, -0.05) is 41.1 Å². The molecule has 4 aromatic rings. The number of hydrogen-bond donors (Lipinski definition) is 1.